The Morgan fingerprint density at radius 3 is 2.50 bits per heavy atom. The van der Waals surface area contributed by atoms with E-state index >= 15 is 0 Å². The van der Waals surface area contributed by atoms with Crippen molar-refractivity contribution in [2.45, 2.75) is 19.5 Å². The maximum absolute atomic E-state index is 3.48. The van der Waals surface area contributed by atoms with Gasteiger partial charge in [0.05, 0.1) is 0 Å². The quantitative estimate of drug-likeness (QED) is 0.575. The van der Waals surface area contributed by atoms with E-state index in [9.17, 15) is 0 Å². The minimum Gasteiger partial charge on any atom is -0.337 e. The minimum atomic E-state index is -0.588. The van der Waals surface area contributed by atoms with Crippen molar-refractivity contribution >= 4 is 8.96 Å². The molecule has 0 aliphatic rings. The summed E-state index contributed by atoms with van der Waals surface area (Å²) in [7, 11) is -0.588. The summed E-state index contributed by atoms with van der Waals surface area (Å²) in [6, 6.07) is 10.5. The molecule has 0 amide bonds. The molecule has 0 radical (unpaired) electrons. The second-order valence-corrected chi connectivity index (χ2v) is 6.44. The summed E-state index contributed by atoms with van der Waals surface area (Å²) in [5.41, 5.74) is 1.38. The number of allylic oxidation sites excluding steroid dienone is 1. The fourth-order valence-electron chi connectivity index (χ4n) is 1.22. The zero-order valence-corrected chi connectivity index (χ0v) is 10.2. The molecule has 14 heavy (non-hydrogen) atoms. The van der Waals surface area contributed by atoms with Crippen LogP contribution in [0.4, 0.5) is 0 Å². The van der Waals surface area contributed by atoms with Crippen molar-refractivity contribution in [1.82, 2.24) is 4.98 Å². The van der Waals surface area contributed by atoms with Crippen LogP contribution in [0, 0.1) is 0 Å². The van der Waals surface area contributed by atoms with Gasteiger partial charge < -0.3 is 4.98 Å². The molecule has 0 aromatic heterocycles. The topological polar surface area (TPSA) is 12.0 Å². The third-order valence-corrected chi connectivity index (χ3v) is 3.06. The molecular formula is C12H19NSi. The van der Waals surface area contributed by atoms with Crippen LogP contribution in [0.3, 0.4) is 0 Å². The van der Waals surface area contributed by atoms with E-state index in [1.165, 1.54) is 5.56 Å². The fraction of sp³-hybridized carbons (Fsp3) is 0.333. The fourth-order valence-corrected chi connectivity index (χ4v) is 1.83. The van der Waals surface area contributed by atoms with Crippen LogP contribution in [0.2, 0.25) is 13.1 Å². The van der Waals surface area contributed by atoms with E-state index in [0.29, 0.717) is 0 Å². The summed E-state index contributed by atoms with van der Waals surface area (Å²) in [6.07, 6.45) is 5.50. The van der Waals surface area contributed by atoms with E-state index < -0.39 is 8.96 Å². The Kier molecular flexibility index (Phi) is 5.26. The van der Waals surface area contributed by atoms with Gasteiger partial charge in [0.25, 0.3) is 0 Å². The van der Waals surface area contributed by atoms with E-state index in [4.69, 9.17) is 0 Å². The molecular weight excluding hydrogens is 186 g/mol. The predicted octanol–water partition coefficient (Wildman–Crippen LogP) is 2.36. The van der Waals surface area contributed by atoms with E-state index in [0.717, 1.165) is 13.0 Å². The number of rotatable bonds is 5. The highest BCUT2D eigenvalue weighted by atomic mass is 28.3. The van der Waals surface area contributed by atoms with Crippen LogP contribution >= 0.6 is 0 Å². The largest absolute Gasteiger partial charge is 0.337 e. The lowest BCUT2D eigenvalue weighted by molar-refractivity contribution is 1.06. The highest BCUT2D eigenvalue weighted by Crippen LogP contribution is 1.99. The standard InChI is InChI=1S/C12H19NSi/c1-14(2)13-11-7-6-10-12-8-4-3-5-9-12/h3-9,13-14H,10-11H2,1-2H3. The molecule has 1 nitrogen and oxygen atoms in total. The first-order valence-electron chi connectivity index (χ1n) is 5.21. The van der Waals surface area contributed by atoms with Gasteiger partial charge in [-0.25, -0.2) is 0 Å². The van der Waals surface area contributed by atoms with Crippen LogP contribution in [0.1, 0.15) is 5.56 Å². The molecule has 0 aliphatic carbocycles. The number of benzene rings is 1. The highest BCUT2D eigenvalue weighted by molar-refractivity contribution is 6.52. The molecule has 0 saturated carbocycles. The van der Waals surface area contributed by atoms with Gasteiger partial charge in [0.15, 0.2) is 0 Å². The van der Waals surface area contributed by atoms with Crippen LogP contribution < -0.4 is 4.98 Å². The molecule has 1 aromatic carbocycles. The Morgan fingerprint density at radius 2 is 1.86 bits per heavy atom. The lowest BCUT2D eigenvalue weighted by Gasteiger charge is -2.01. The van der Waals surface area contributed by atoms with Crippen molar-refractivity contribution in [2.75, 3.05) is 6.54 Å². The molecule has 0 fully saturated rings. The second kappa shape index (κ2) is 6.57. The summed E-state index contributed by atoms with van der Waals surface area (Å²) < 4.78 is 0. The summed E-state index contributed by atoms with van der Waals surface area (Å²) in [5.74, 6) is 0. The van der Waals surface area contributed by atoms with Gasteiger partial charge in [-0.1, -0.05) is 55.6 Å². The average molecular weight is 205 g/mol. The molecule has 0 spiro atoms. The van der Waals surface area contributed by atoms with Crippen LogP contribution in [0.15, 0.2) is 42.5 Å². The van der Waals surface area contributed by atoms with Gasteiger partial charge in [0.2, 0.25) is 0 Å². The lowest BCUT2D eigenvalue weighted by atomic mass is 10.1. The van der Waals surface area contributed by atoms with E-state index in [2.05, 4.69) is 60.6 Å². The zero-order valence-electron chi connectivity index (χ0n) is 9.03. The van der Waals surface area contributed by atoms with Crippen LogP contribution in [0.5, 0.6) is 0 Å². The minimum absolute atomic E-state index is 0.588. The Morgan fingerprint density at radius 1 is 1.14 bits per heavy atom. The molecule has 1 aromatic rings. The first-order valence-corrected chi connectivity index (χ1v) is 8.10. The van der Waals surface area contributed by atoms with Gasteiger partial charge in [0, 0.05) is 6.54 Å². The van der Waals surface area contributed by atoms with E-state index in [1.807, 2.05) is 0 Å². The number of hydrogen-bond donors (Lipinski definition) is 1. The third-order valence-electron chi connectivity index (χ3n) is 2.01. The maximum atomic E-state index is 3.48. The van der Waals surface area contributed by atoms with Gasteiger partial charge >= 0.3 is 0 Å². The van der Waals surface area contributed by atoms with Gasteiger partial charge in [-0.05, 0) is 12.0 Å². The number of nitrogens with one attached hydrogen (secondary N) is 1. The SMILES string of the molecule is C[SiH](C)NCC=CCc1ccccc1. The van der Waals surface area contributed by atoms with Crippen molar-refractivity contribution in [1.29, 1.82) is 0 Å². The third kappa shape index (κ3) is 4.99. The molecule has 0 atom stereocenters. The summed E-state index contributed by atoms with van der Waals surface area (Å²) in [5, 5.41) is 0. The Bertz CT molecular complexity index is 267. The lowest BCUT2D eigenvalue weighted by Crippen LogP contribution is -2.26. The summed E-state index contributed by atoms with van der Waals surface area (Å²) in [6.45, 7) is 5.62. The van der Waals surface area contributed by atoms with Crippen molar-refractivity contribution < 1.29 is 0 Å². The van der Waals surface area contributed by atoms with Crippen molar-refractivity contribution in [3.8, 4) is 0 Å². The Hall–Kier alpha value is -0.863. The summed E-state index contributed by atoms with van der Waals surface area (Å²) in [4.78, 5) is 3.48. The molecule has 0 bridgehead atoms. The van der Waals surface area contributed by atoms with Gasteiger partial charge in [-0.2, -0.15) is 0 Å². The summed E-state index contributed by atoms with van der Waals surface area (Å²) >= 11 is 0. The van der Waals surface area contributed by atoms with Crippen LogP contribution in [0.25, 0.3) is 0 Å². The molecule has 1 N–H and O–H groups in total. The molecule has 0 heterocycles. The monoisotopic (exact) mass is 205 g/mol. The van der Waals surface area contributed by atoms with Gasteiger partial charge in [0.1, 0.15) is 8.96 Å². The molecule has 1 rings (SSSR count). The first kappa shape index (κ1) is 11.2. The van der Waals surface area contributed by atoms with Crippen molar-refractivity contribution in [3.05, 3.63) is 48.0 Å². The smallest absolute Gasteiger partial charge is 0.102 e. The average Bonchev–Trinajstić information content (AvgIpc) is 2.18. The molecule has 76 valence electrons. The Balaban J connectivity index is 2.21. The molecule has 0 aliphatic heterocycles. The second-order valence-electron chi connectivity index (χ2n) is 3.72. The Labute approximate surface area is 88.5 Å². The predicted molar refractivity (Wildman–Crippen MR) is 66.2 cm³/mol. The van der Waals surface area contributed by atoms with E-state index in [-0.39, 0.29) is 0 Å². The normalized spacial score (nSPS) is 11.4. The van der Waals surface area contributed by atoms with Crippen molar-refractivity contribution in [2.24, 2.45) is 0 Å². The van der Waals surface area contributed by atoms with Crippen LogP contribution in [-0.2, 0) is 6.42 Å². The molecule has 0 saturated heterocycles. The van der Waals surface area contributed by atoms with Crippen LogP contribution in [-0.4, -0.2) is 15.5 Å². The van der Waals surface area contributed by atoms with E-state index in [1.54, 1.807) is 0 Å². The highest BCUT2D eigenvalue weighted by Gasteiger charge is 1.89. The van der Waals surface area contributed by atoms with Gasteiger partial charge in [-0.15, -0.1) is 0 Å². The van der Waals surface area contributed by atoms with Gasteiger partial charge in [-0.3, -0.25) is 0 Å². The number of hydrogen-bond acceptors (Lipinski definition) is 1. The molecule has 2 heteroatoms. The van der Waals surface area contributed by atoms with Crippen molar-refractivity contribution in [3.63, 3.8) is 0 Å². The molecule has 0 unspecified atom stereocenters. The first-order chi connectivity index (χ1) is 6.79. The maximum Gasteiger partial charge on any atom is 0.102 e. The zero-order chi connectivity index (χ0) is 10.2.